The van der Waals surface area contributed by atoms with E-state index in [1.807, 2.05) is 85.8 Å². The van der Waals surface area contributed by atoms with E-state index in [1.54, 1.807) is 29.7 Å². The van der Waals surface area contributed by atoms with Gasteiger partial charge < -0.3 is 19.7 Å². The highest BCUT2D eigenvalue weighted by Crippen LogP contribution is 2.32. The number of methoxy groups -OCH3 is 1. The maximum absolute atomic E-state index is 14.0. The van der Waals surface area contributed by atoms with Gasteiger partial charge in [-0.1, -0.05) is 42.5 Å². The monoisotopic (exact) mass is 524 g/mol. The quantitative estimate of drug-likeness (QED) is 0.343. The fourth-order valence-electron chi connectivity index (χ4n) is 4.80. The molecule has 5 rings (SSSR count). The van der Waals surface area contributed by atoms with E-state index in [0.29, 0.717) is 24.5 Å². The third-order valence-electron chi connectivity index (χ3n) is 7.04. The zero-order chi connectivity index (χ0) is 27.4. The number of amides is 2. The summed E-state index contributed by atoms with van der Waals surface area (Å²) in [5, 5.41) is 7.77. The molecule has 200 valence electrons. The summed E-state index contributed by atoms with van der Waals surface area (Å²) in [5.41, 5.74) is 2.68. The van der Waals surface area contributed by atoms with Gasteiger partial charge in [0.15, 0.2) is 0 Å². The molecule has 0 fully saturated rings. The minimum atomic E-state index is -1.17. The van der Waals surface area contributed by atoms with Crippen molar-refractivity contribution >= 4 is 11.8 Å². The third-order valence-corrected chi connectivity index (χ3v) is 7.04. The minimum Gasteiger partial charge on any atom is -0.497 e. The molecule has 1 aromatic heterocycles. The SMILES string of the molecule is CCOc1ccc(CN2C(=O)c3cc(-c4ccc(OC)cc4)nn3C[C@@]2(C)C(=O)NCc2ccccc2)cc1. The lowest BCUT2D eigenvalue weighted by Gasteiger charge is -2.43. The number of nitrogens with one attached hydrogen (secondary N) is 1. The molecule has 4 aromatic rings. The van der Waals surface area contributed by atoms with Crippen molar-refractivity contribution in [1.82, 2.24) is 20.0 Å². The molecule has 8 heteroatoms. The fourth-order valence-corrected chi connectivity index (χ4v) is 4.80. The van der Waals surface area contributed by atoms with Crippen LogP contribution in [0.1, 0.15) is 35.5 Å². The highest BCUT2D eigenvalue weighted by atomic mass is 16.5. The van der Waals surface area contributed by atoms with E-state index in [1.165, 1.54) is 0 Å². The van der Waals surface area contributed by atoms with Gasteiger partial charge >= 0.3 is 0 Å². The summed E-state index contributed by atoms with van der Waals surface area (Å²) < 4.78 is 12.5. The number of hydrogen-bond acceptors (Lipinski definition) is 5. The predicted molar refractivity (Wildman–Crippen MR) is 148 cm³/mol. The van der Waals surface area contributed by atoms with Crippen LogP contribution < -0.4 is 14.8 Å². The highest BCUT2D eigenvalue weighted by Gasteiger charge is 2.48. The van der Waals surface area contributed by atoms with Crippen LogP contribution in [-0.4, -0.2) is 45.8 Å². The largest absolute Gasteiger partial charge is 0.497 e. The molecular weight excluding hydrogens is 492 g/mol. The Morgan fingerprint density at radius 2 is 1.67 bits per heavy atom. The number of aromatic nitrogens is 2. The molecule has 0 saturated heterocycles. The Labute approximate surface area is 228 Å². The molecule has 1 atom stereocenters. The topological polar surface area (TPSA) is 85.7 Å². The summed E-state index contributed by atoms with van der Waals surface area (Å²) in [6.45, 7) is 5.17. The van der Waals surface area contributed by atoms with E-state index in [4.69, 9.17) is 14.6 Å². The number of hydrogen-bond donors (Lipinski definition) is 1. The molecule has 8 nitrogen and oxygen atoms in total. The highest BCUT2D eigenvalue weighted by molar-refractivity contribution is 6.00. The zero-order valence-corrected chi connectivity index (χ0v) is 22.4. The van der Waals surface area contributed by atoms with Crippen molar-refractivity contribution in [3.63, 3.8) is 0 Å². The van der Waals surface area contributed by atoms with Gasteiger partial charge in [0.2, 0.25) is 5.91 Å². The first-order chi connectivity index (χ1) is 18.9. The molecule has 0 spiro atoms. The van der Waals surface area contributed by atoms with Crippen molar-refractivity contribution in [1.29, 1.82) is 0 Å². The lowest BCUT2D eigenvalue weighted by atomic mass is 9.94. The molecule has 0 radical (unpaired) electrons. The third kappa shape index (κ3) is 5.36. The van der Waals surface area contributed by atoms with Gasteiger partial charge in [-0.05, 0) is 67.4 Å². The van der Waals surface area contributed by atoms with Gasteiger partial charge in [0.1, 0.15) is 22.7 Å². The van der Waals surface area contributed by atoms with Crippen LogP contribution in [0.25, 0.3) is 11.3 Å². The molecule has 3 aromatic carbocycles. The number of carbonyl (C=O) groups excluding carboxylic acids is 2. The Balaban J connectivity index is 1.47. The standard InChI is InChI=1S/C31H32N4O4/c1-4-39-26-14-10-23(11-15-26)20-34-29(36)28-18-27(24-12-16-25(38-3)17-13-24)33-35(28)21-31(34,2)30(37)32-19-22-8-6-5-7-9-22/h5-18H,4,19-21H2,1-3H3,(H,32,37)/t31-/m0/s1. The maximum atomic E-state index is 14.0. The first-order valence-electron chi connectivity index (χ1n) is 13.0. The number of ether oxygens (including phenoxy) is 2. The Bertz CT molecular complexity index is 1450. The summed E-state index contributed by atoms with van der Waals surface area (Å²) in [4.78, 5) is 29.4. The number of nitrogens with zero attached hydrogens (tertiary/aromatic N) is 3. The van der Waals surface area contributed by atoms with E-state index in [9.17, 15) is 9.59 Å². The maximum Gasteiger partial charge on any atom is 0.273 e. The van der Waals surface area contributed by atoms with Crippen molar-refractivity contribution in [3.8, 4) is 22.8 Å². The van der Waals surface area contributed by atoms with E-state index >= 15 is 0 Å². The second-order valence-corrected chi connectivity index (χ2v) is 9.71. The minimum absolute atomic E-state index is 0.224. The molecule has 1 N–H and O–H groups in total. The van der Waals surface area contributed by atoms with Gasteiger partial charge in [0.05, 0.1) is 26.0 Å². The molecule has 39 heavy (non-hydrogen) atoms. The molecule has 0 unspecified atom stereocenters. The van der Waals surface area contributed by atoms with Gasteiger partial charge in [-0.3, -0.25) is 14.3 Å². The summed E-state index contributed by atoms with van der Waals surface area (Å²) in [6.07, 6.45) is 0. The van der Waals surface area contributed by atoms with E-state index in [2.05, 4.69) is 5.32 Å². The second kappa shape index (κ2) is 11.0. The molecule has 0 bridgehead atoms. The number of carbonyl (C=O) groups is 2. The molecule has 0 aliphatic carbocycles. The van der Waals surface area contributed by atoms with Crippen LogP contribution in [0.3, 0.4) is 0 Å². The van der Waals surface area contributed by atoms with Gasteiger partial charge in [0, 0.05) is 18.7 Å². The smallest absolute Gasteiger partial charge is 0.273 e. The number of fused-ring (bicyclic) bond motifs is 1. The lowest BCUT2D eigenvalue weighted by molar-refractivity contribution is -0.133. The van der Waals surface area contributed by atoms with Crippen molar-refractivity contribution in [3.05, 3.63) is 102 Å². The molecule has 1 aliphatic heterocycles. The van der Waals surface area contributed by atoms with Crippen molar-refractivity contribution < 1.29 is 19.1 Å². The number of benzene rings is 3. The molecule has 2 amide bonds. The fraction of sp³-hybridized carbons (Fsp3) is 0.258. The van der Waals surface area contributed by atoms with Crippen LogP contribution in [0, 0.1) is 0 Å². The van der Waals surface area contributed by atoms with Crippen LogP contribution in [0.15, 0.2) is 84.9 Å². The van der Waals surface area contributed by atoms with Gasteiger partial charge in [-0.2, -0.15) is 5.10 Å². The van der Waals surface area contributed by atoms with Crippen LogP contribution in [0.5, 0.6) is 11.5 Å². The molecule has 0 saturated carbocycles. The van der Waals surface area contributed by atoms with E-state index in [-0.39, 0.29) is 24.9 Å². The van der Waals surface area contributed by atoms with E-state index < -0.39 is 5.54 Å². The summed E-state index contributed by atoms with van der Waals surface area (Å²) >= 11 is 0. The summed E-state index contributed by atoms with van der Waals surface area (Å²) in [6, 6.07) is 26.6. The normalized spacial score (nSPS) is 16.5. The Kier molecular flexibility index (Phi) is 7.36. The Hall–Kier alpha value is -4.59. The second-order valence-electron chi connectivity index (χ2n) is 9.71. The first kappa shape index (κ1) is 26.0. The van der Waals surface area contributed by atoms with Crippen LogP contribution in [0.4, 0.5) is 0 Å². The van der Waals surface area contributed by atoms with Gasteiger partial charge in [-0.15, -0.1) is 0 Å². The predicted octanol–water partition coefficient (Wildman–Crippen LogP) is 4.69. The molecule has 1 aliphatic rings. The zero-order valence-electron chi connectivity index (χ0n) is 22.4. The lowest BCUT2D eigenvalue weighted by Crippen LogP contribution is -2.63. The van der Waals surface area contributed by atoms with Crippen molar-refractivity contribution in [2.45, 2.75) is 39.0 Å². The average molecular weight is 525 g/mol. The van der Waals surface area contributed by atoms with Gasteiger partial charge in [-0.25, -0.2) is 0 Å². The van der Waals surface area contributed by atoms with E-state index in [0.717, 1.165) is 28.2 Å². The van der Waals surface area contributed by atoms with Crippen LogP contribution in [0.2, 0.25) is 0 Å². The van der Waals surface area contributed by atoms with Gasteiger partial charge in [0.25, 0.3) is 5.91 Å². The van der Waals surface area contributed by atoms with Crippen LogP contribution >= 0.6 is 0 Å². The summed E-state index contributed by atoms with van der Waals surface area (Å²) in [7, 11) is 1.62. The number of rotatable bonds is 9. The Morgan fingerprint density at radius 3 is 2.33 bits per heavy atom. The molecule has 2 heterocycles. The summed E-state index contributed by atoms with van der Waals surface area (Å²) in [5.74, 6) is 1.01. The first-order valence-corrected chi connectivity index (χ1v) is 13.0. The average Bonchev–Trinajstić information content (AvgIpc) is 3.39. The van der Waals surface area contributed by atoms with Crippen LogP contribution in [-0.2, 0) is 24.4 Å². The van der Waals surface area contributed by atoms with Crippen molar-refractivity contribution in [2.24, 2.45) is 0 Å². The molecular formula is C31H32N4O4. The van der Waals surface area contributed by atoms with Crippen molar-refractivity contribution in [2.75, 3.05) is 13.7 Å². The Morgan fingerprint density at radius 1 is 0.974 bits per heavy atom.